The zero-order chi connectivity index (χ0) is 55.5. The maximum atomic E-state index is 14.5. The summed E-state index contributed by atoms with van der Waals surface area (Å²) in [4.78, 5) is 141. The van der Waals surface area contributed by atoms with Crippen LogP contribution in [-0.4, -0.2) is 170 Å². The molecule has 2 aliphatic heterocycles. The number of phenolic OH excluding ortho intramolecular Hbond substituents is 1. The Bertz CT molecular complexity index is 2390. The van der Waals surface area contributed by atoms with Crippen LogP contribution in [0.2, 0.25) is 0 Å². The van der Waals surface area contributed by atoms with Gasteiger partial charge < -0.3 is 74.2 Å². The van der Waals surface area contributed by atoms with Crippen molar-refractivity contribution in [2.75, 3.05) is 25.4 Å². The Morgan fingerprint density at radius 1 is 0.680 bits per heavy atom. The van der Waals surface area contributed by atoms with Gasteiger partial charge in [0.15, 0.2) is 5.96 Å². The predicted octanol–water partition coefficient (Wildman–Crippen LogP) is -2.39. The molecule has 0 radical (unpaired) electrons. The molecule has 26 heteroatoms. The first kappa shape index (κ1) is 60.1. The molecule has 2 aromatic rings. The van der Waals surface area contributed by atoms with E-state index in [4.69, 9.17) is 17.2 Å². The summed E-state index contributed by atoms with van der Waals surface area (Å²) < 4.78 is 0. The Labute approximate surface area is 439 Å². The van der Waals surface area contributed by atoms with Crippen molar-refractivity contribution in [1.29, 1.82) is 0 Å². The van der Waals surface area contributed by atoms with Crippen LogP contribution >= 0.6 is 12.6 Å². The highest BCUT2D eigenvalue weighted by molar-refractivity contribution is 7.80. The summed E-state index contributed by atoms with van der Waals surface area (Å²) in [5.41, 5.74) is 18.3. The van der Waals surface area contributed by atoms with E-state index >= 15 is 0 Å². The number of aliphatic carboxylic acids is 2. The molecule has 9 atom stereocenters. The van der Waals surface area contributed by atoms with E-state index in [1.165, 1.54) is 24.0 Å². The van der Waals surface area contributed by atoms with Crippen molar-refractivity contribution in [2.24, 2.45) is 28.1 Å². The van der Waals surface area contributed by atoms with Gasteiger partial charge in [-0.3, -0.25) is 52.9 Å². The van der Waals surface area contributed by atoms with Gasteiger partial charge in [0.25, 0.3) is 0 Å². The monoisotopic (exact) mass is 1070 g/mol. The second-order valence-electron chi connectivity index (χ2n) is 18.8. The molecule has 75 heavy (non-hydrogen) atoms. The average molecular weight is 1070 g/mol. The number of amides is 8. The molecule has 0 unspecified atom stereocenters. The normalized spacial score (nSPS) is 17.9. The van der Waals surface area contributed by atoms with Crippen molar-refractivity contribution in [3.8, 4) is 5.75 Å². The highest BCUT2D eigenvalue weighted by Gasteiger charge is 2.45. The fraction of sp³-hybridized carbons (Fsp3) is 0.531. The van der Waals surface area contributed by atoms with Gasteiger partial charge in [0.1, 0.15) is 54.1 Å². The third kappa shape index (κ3) is 18.1. The number of nitrogens with two attached hydrogens (primary N) is 3. The molecule has 0 bridgehead atoms. The number of hydrogen-bond acceptors (Lipinski definition) is 14. The molecule has 2 saturated heterocycles. The topological polar surface area (TPSA) is 400 Å². The van der Waals surface area contributed by atoms with E-state index in [9.17, 15) is 63.3 Å². The van der Waals surface area contributed by atoms with Crippen molar-refractivity contribution in [1.82, 2.24) is 41.7 Å². The molecule has 2 aliphatic rings. The van der Waals surface area contributed by atoms with Crippen molar-refractivity contribution >= 4 is 77.8 Å². The van der Waals surface area contributed by atoms with E-state index in [2.05, 4.69) is 49.5 Å². The molecule has 0 aliphatic carbocycles. The second kappa shape index (κ2) is 28.8. The molecule has 0 spiro atoms. The summed E-state index contributed by atoms with van der Waals surface area (Å²) in [6, 6.07) is 3.04. The molecule has 2 aromatic carbocycles. The zero-order valence-electron chi connectivity index (χ0n) is 42.1. The number of carboxylic acids is 2. The minimum Gasteiger partial charge on any atom is -0.508 e. The number of thiol groups is 1. The fourth-order valence-corrected chi connectivity index (χ4v) is 8.86. The van der Waals surface area contributed by atoms with E-state index < -0.39 is 126 Å². The lowest BCUT2D eigenvalue weighted by atomic mass is 10.0. The highest BCUT2D eigenvalue weighted by Crippen LogP contribution is 2.26. The Kier molecular flexibility index (Phi) is 23.1. The Morgan fingerprint density at radius 2 is 1.25 bits per heavy atom. The lowest BCUT2D eigenvalue weighted by molar-refractivity contribution is -0.149. The van der Waals surface area contributed by atoms with E-state index in [1.807, 2.05) is 0 Å². The van der Waals surface area contributed by atoms with Crippen LogP contribution in [0.25, 0.3) is 0 Å². The number of guanidine groups is 1. The van der Waals surface area contributed by atoms with Crippen LogP contribution in [0.1, 0.15) is 76.8 Å². The quantitative estimate of drug-likeness (QED) is 0.0192. The molecule has 0 saturated carbocycles. The number of hydrogen-bond donors (Lipinski definition) is 13. The van der Waals surface area contributed by atoms with Crippen LogP contribution in [0.5, 0.6) is 5.75 Å². The van der Waals surface area contributed by atoms with Gasteiger partial charge in [-0.2, -0.15) is 12.6 Å². The molecule has 0 aromatic heterocycles. The maximum absolute atomic E-state index is 14.5. The van der Waals surface area contributed by atoms with Gasteiger partial charge in [0.2, 0.25) is 47.3 Å². The molecule has 2 heterocycles. The van der Waals surface area contributed by atoms with Crippen molar-refractivity contribution < 1.29 is 63.3 Å². The molecular formula is C49H70N12O13S. The molecular weight excluding hydrogens is 997 g/mol. The number of aromatic hydroxyl groups is 1. The molecule has 15 N–H and O–H groups in total. The van der Waals surface area contributed by atoms with Gasteiger partial charge in [0.05, 0.1) is 12.5 Å². The second-order valence-corrected chi connectivity index (χ2v) is 19.2. The number of carbonyl (C=O) groups excluding carboxylic acids is 8. The molecule has 8 amide bonds. The van der Waals surface area contributed by atoms with Gasteiger partial charge in [0, 0.05) is 31.8 Å². The molecule has 4 rings (SSSR count). The largest absolute Gasteiger partial charge is 0.508 e. The van der Waals surface area contributed by atoms with Gasteiger partial charge in [-0.15, -0.1) is 0 Å². The minimum atomic E-state index is -1.71. The fourth-order valence-electron chi connectivity index (χ4n) is 8.61. The van der Waals surface area contributed by atoms with Gasteiger partial charge in [-0.05, 0) is 81.0 Å². The van der Waals surface area contributed by atoms with Crippen LogP contribution in [-0.2, 0) is 60.8 Å². The summed E-state index contributed by atoms with van der Waals surface area (Å²) in [6.07, 6.45) is 0.161. The van der Waals surface area contributed by atoms with Crippen molar-refractivity contribution in [3.05, 3.63) is 65.7 Å². The van der Waals surface area contributed by atoms with Gasteiger partial charge in [-0.1, -0.05) is 56.3 Å². The minimum absolute atomic E-state index is 0.0000213. The third-order valence-electron chi connectivity index (χ3n) is 12.7. The van der Waals surface area contributed by atoms with Crippen LogP contribution in [0.3, 0.4) is 0 Å². The number of aliphatic imine (C=N–C) groups is 1. The Morgan fingerprint density at radius 3 is 1.85 bits per heavy atom. The standard InChI is InChI=1S/C49H70N12O13S/c1-26(2)39(45(70)54-27(3)48(73)74)59-43(68)35(25-75)58-42(67)33(23-28-10-5-4-6-11-28)56-44(69)36-13-8-20-60(36)47(72)37-14-9-21-61(37)46(71)34(24-38(63)64)57-41(66)32(12-7-19-53-49(51)52)55-40(65)31(50)22-29-15-17-30(62)18-16-29/h4-6,10-11,15-18,26-27,31-37,39,62,75H,7-9,12-14,19-25,50H2,1-3H3,(H,54,70)(H,55,65)(H,56,69)(H,57,66)(H,58,67)(H,59,68)(H,63,64)(H,73,74)(H4,51,52,53)/t27-,31-,32-,33-,34-,35-,36-,37-,39-/m0/s1. The van der Waals surface area contributed by atoms with Crippen LogP contribution in [0, 0.1) is 5.92 Å². The van der Waals surface area contributed by atoms with Crippen molar-refractivity contribution in [3.63, 3.8) is 0 Å². The van der Waals surface area contributed by atoms with E-state index in [-0.39, 0.29) is 75.6 Å². The third-order valence-corrected chi connectivity index (χ3v) is 13.0. The number of carbonyl (C=O) groups is 10. The summed E-state index contributed by atoms with van der Waals surface area (Å²) >= 11 is 4.26. The number of rotatable bonds is 27. The van der Waals surface area contributed by atoms with E-state index in [1.54, 1.807) is 56.3 Å². The first-order valence-corrected chi connectivity index (χ1v) is 25.3. The molecule has 2 fully saturated rings. The summed E-state index contributed by atoms with van der Waals surface area (Å²) in [7, 11) is 0. The smallest absolute Gasteiger partial charge is 0.325 e. The van der Waals surface area contributed by atoms with E-state index in [0.29, 0.717) is 24.0 Å². The van der Waals surface area contributed by atoms with Gasteiger partial charge >= 0.3 is 11.9 Å². The lowest BCUT2D eigenvalue weighted by Crippen LogP contribution is -2.61. The Balaban J connectivity index is 1.50. The number of likely N-dealkylation sites (tertiary alicyclic amines) is 2. The lowest BCUT2D eigenvalue weighted by Gasteiger charge is -2.33. The van der Waals surface area contributed by atoms with Crippen LogP contribution in [0.15, 0.2) is 59.6 Å². The summed E-state index contributed by atoms with van der Waals surface area (Å²) in [6.45, 7) is 4.68. The van der Waals surface area contributed by atoms with Gasteiger partial charge in [-0.25, -0.2) is 0 Å². The molecule has 25 nitrogen and oxygen atoms in total. The zero-order valence-corrected chi connectivity index (χ0v) is 43.0. The number of nitrogens with zero attached hydrogens (tertiary/aromatic N) is 3. The first-order valence-electron chi connectivity index (χ1n) is 24.6. The molecule has 410 valence electrons. The average Bonchev–Trinajstić information content (AvgIpc) is 4.07. The number of carboxylic acid groups (broad SMARTS) is 2. The van der Waals surface area contributed by atoms with E-state index in [0.717, 1.165) is 4.90 Å². The van der Waals surface area contributed by atoms with Crippen LogP contribution in [0.4, 0.5) is 0 Å². The maximum Gasteiger partial charge on any atom is 0.325 e. The highest BCUT2D eigenvalue weighted by atomic mass is 32.1. The number of benzene rings is 2. The number of nitrogens with one attached hydrogen (secondary N) is 6. The summed E-state index contributed by atoms with van der Waals surface area (Å²) in [5.74, 6) is -9.95. The Hall–Kier alpha value is -7.48. The SMILES string of the molecule is CC(C)[C@H](NC(=O)[C@H](CS)NC(=O)[C@H](Cc1ccccc1)NC(=O)[C@@H]1CCCN1C(=O)[C@@H]1CCCN1C(=O)[C@H](CC(=O)O)NC(=O)[C@H](CCCN=C(N)N)NC(=O)[C@@H](N)Cc1ccc(O)cc1)C(=O)N[C@@H](C)C(=O)O. The van der Waals surface area contributed by atoms with Crippen molar-refractivity contribution in [2.45, 2.75) is 133 Å². The summed E-state index contributed by atoms with van der Waals surface area (Å²) in [5, 5.41) is 44.1. The van der Waals surface area contributed by atoms with Crippen LogP contribution < -0.4 is 49.1 Å². The predicted molar refractivity (Wildman–Crippen MR) is 275 cm³/mol. The first-order chi connectivity index (χ1) is 35.5. The number of phenols is 1.